The predicted molar refractivity (Wildman–Crippen MR) is 78.0 cm³/mol. The lowest BCUT2D eigenvalue weighted by Crippen LogP contribution is -2.30. The molecular weight excluding hydrogens is 297 g/mol. The molecule has 1 aromatic rings. The second kappa shape index (κ2) is 6.68. The van der Waals surface area contributed by atoms with Gasteiger partial charge in [-0.25, -0.2) is 4.98 Å². The van der Waals surface area contributed by atoms with Crippen molar-refractivity contribution < 1.29 is 18.3 Å². The summed E-state index contributed by atoms with van der Waals surface area (Å²) < 4.78 is 39.1. The quantitative estimate of drug-likeness (QED) is 0.782. The van der Waals surface area contributed by atoms with Gasteiger partial charge in [-0.3, -0.25) is 0 Å². The molecule has 8 heteroatoms. The first-order valence-corrected chi connectivity index (χ1v) is 7.34. The summed E-state index contributed by atoms with van der Waals surface area (Å²) in [6, 6.07) is 1.17. The fourth-order valence-corrected chi connectivity index (χ4v) is 2.15. The zero-order chi connectivity index (χ0) is 16.3. The highest BCUT2D eigenvalue weighted by atomic mass is 19.4. The summed E-state index contributed by atoms with van der Waals surface area (Å²) in [5, 5.41) is 8.87. The van der Waals surface area contributed by atoms with Crippen molar-refractivity contribution in [3.05, 3.63) is 11.8 Å². The van der Waals surface area contributed by atoms with Gasteiger partial charge in [-0.2, -0.15) is 18.2 Å². The molecule has 0 amide bonds. The molecule has 1 aliphatic carbocycles. The molecule has 0 saturated heterocycles. The van der Waals surface area contributed by atoms with E-state index in [4.69, 9.17) is 5.11 Å². The summed E-state index contributed by atoms with van der Waals surface area (Å²) in [5.41, 5.74) is -0.922. The van der Waals surface area contributed by atoms with Crippen LogP contribution in [0.25, 0.3) is 0 Å². The smallest absolute Gasteiger partial charge is 0.396 e. The van der Waals surface area contributed by atoms with Crippen LogP contribution in [0.4, 0.5) is 24.9 Å². The molecule has 1 aliphatic rings. The van der Waals surface area contributed by atoms with Crippen LogP contribution in [0, 0.1) is 0 Å². The maximum atomic E-state index is 13.0. The van der Waals surface area contributed by atoms with Crippen molar-refractivity contribution in [2.75, 3.05) is 37.0 Å². The van der Waals surface area contributed by atoms with E-state index in [0.717, 1.165) is 18.9 Å². The Hall–Kier alpha value is -1.57. The summed E-state index contributed by atoms with van der Waals surface area (Å²) in [6.45, 7) is 0.629. The molecule has 22 heavy (non-hydrogen) atoms. The third kappa shape index (κ3) is 4.22. The van der Waals surface area contributed by atoms with Crippen molar-refractivity contribution in [1.29, 1.82) is 0 Å². The van der Waals surface area contributed by atoms with Crippen LogP contribution in [0.3, 0.4) is 0 Å². The number of aliphatic hydroxyl groups excluding tert-OH is 1. The van der Waals surface area contributed by atoms with Gasteiger partial charge in [0.05, 0.1) is 0 Å². The first-order chi connectivity index (χ1) is 10.3. The number of aliphatic hydroxyl groups is 1. The van der Waals surface area contributed by atoms with E-state index >= 15 is 0 Å². The van der Waals surface area contributed by atoms with Gasteiger partial charge in [0.1, 0.15) is 5.82 Å². The lowest BCUT2D eigenvalue weighted by Gasteiger charge is -2.24. The Balaban J connectivity index is 2.31. The van der Waals surface area contributed by atoms with Crippen LogP contribution >= 0.6 is 0 Å². The number of anilines is 2. The molecule has 124 valence electrons. The van der Waals surface area contributed by atoms with Gasteiger partial charge in [0, 0.05) is 39.4 Å². The third-order valence-corrected chi connectivity index (χ3v) is 3.50. The first kappa shape index (κ1) is 16.8. The van der Waals surface area contributed by atoms with E-state index in [9.17, 15) is 13.2 Å². The Morgan fingerprint density at radius 1 is 1.23 bits per heavy atom. The van der Waals surface area contributed by atoms with Crippen LogP contribution in [-0.4, -0.2) is 48.4 Å². The normalized spacial score (nSPS) is 15.0. The molecule has 1 aromatic heterocycles. The van der Waals surface area contributed by atoms with E-state index in [1.807, 2.05) is 4.90 Å². The Labute approximate surface area is 127 Å². The maximum Gasteiger partial charge on any atom is 0.433 e. The Kier molecular flexibility index (Phi) is 5.10. The second-order valence-corrected chi connectivity index (χ2v) is 5.66. The molecule has 2 rings (SSSR count). The van der Waals surface area contributed by atoms with Crippen molar-refractivity contribution in [3.63, 3.8) is 0 Å². The zero-order valence-corrected chi connectivity index (χ0v) is 12.8. The number of alkyl halides is 3. The lowest BCUT2D eigenvalue weighted by atomic mass is 10.3. The van der Waals surface area contributed by atoms with Crippen molar-refractivity contribution >= 4 is 11.8 Å². The molecule has 1 saturated carbocycles. The van der Waals surface area contributed by atoms with Crippen molar-refractivity contribution in [3.8, 4) is 0 Å². The average molecular weight is 318 g/mol. The molecule has 0 unspecified atom stereocenters. The number of nitrogens with zero attached hydrogens (tertiary/aromatic N) is 4. The van der Waals surface area contributed by atoms with Crippen molar-refractivity contribution in [2.45, 2.75) is 37.9 Å². The molecule has 0 radical (unpaired) electrons. The van der Waals surface area contributed by atoms with Gasteiger partial charge in [-0.05, 0) is 25.7 Å². The standard InChI is InChI=1S/C14H21F3N4O/c1-20(2)12-9-11(14(15,16)17)18-13(19-12)21(10-5-6-10)7-3-4-8-22/h9-10,22H,3-8H2,1-2H3. The molecule has 0 bridgehead atoms. The van der Waals surface area contributed by atoms with E-state index in [1.165, 1.54) is 0 Å². The molecule has 1 heterocycles. The van der Waals surface area contributed by atoms with E-state index in [2.05, 4.69) is 9.97 Å². The summed E-state index contributed by atoms with van der Waals surface area (Å²) >= 11 is 0. The fraction of sp³-hybridized carbons (Fsp3) is 0.714. The number of aromatic nitrogens is 2. The van der Waals surface area contributed by atoms with Crippen LogP contribution in [0.1, 0.15) is 31.4 Å². The third-order valence-electron chi connectivity index (χ3n) is 3.50. The fourth-order valence-electron chi connectivity index (χ4n) is 2.15. The Morgan fingerprint density at radius 2 is 1.91 bits per heavy atom. The SMILES string of the molecule is CN(C)c1cc(C(F)(F)F)nc(N(CCCCO)C2CC2)n1. The molecule has 5 nitrogen and oxygen atoms in total. The van der Waals surface area contributed by atoms with E-state index < -0.39 is 11.9 Å². The molecule has 1 fully saturated rings. The number of hydrogen-bond donors (Lipinski definition) is 1. The summed E-state index contributed by atoms with van der Waals surface area (Å²) in [7, 11) is 3.30. The largest absolute Gasteiger partial charge is 0.433 e. The van der Waals surface area contributed by atoms with Gasteiger partial charge in [0.2, 0.25) is 5.95 Å². The van der Waals surface area contributed by atoms with Gasteiger partial charge < -0.3 is 14.9 Å². The minimum atomic E-state index is -4.50. The topological polar surface area (TPSA) is 52.5 Å². The van der Waals surface area contributed by atoms with Gasteiger partial charge in [0.25, 0.3) is 0 Å². The van der Waals surface area contributed by atoms with E-state index in [-0.39, 0.29) is 24.4 Å². The van der Waals surface area contributed by atoms with Crippen LogP contribution in [-0.2, 0) is 6.18 Å². The number of hydrogen-bond acceptors (Lipinski definition) is 5. The van der Waals surface area contributed by atoms with Gasteiger partial charge in [0.15, 0.2) is 5.69 Å². The second-order valence-electron chi connectivity index (χ2n) is 5.66. The van der Waals surface area contributed by atoms with Gasteiger partial charge in [-0.1, -0.05) is 0 Å². The van der Waals surface area contributed by atoms with Crippen molar-refractivity contribution in [1.82, 2.24) is 9.97 Å². The minimum Gasteiger partial charge on any atom is -0.396 e. The molecular formula is C14H21F3N4O. The Bertz CT molecular complexity index is 503. The molecule has 0 atom stereocenters. The predicted octanol–water partition coefficient (Wildman–Crippen LogP) is 2.30. The monoisotopic (exact) mass is 318 g/mol. The van der Waals surface area contributed by atoms with Crippen LogP contribution in [0.5, 0.6) is 0 Å². The van der Waals surface area contributed by atoms with Gasteiger partial charge >= 0.3 is 6.18 Å². The molecule has 0 aromatic carbocycles. The number of rotatable bonds is 7. The van der Waals surface area contributed by atoms with Crippen LogP contribution in [0.2, 0.25) is 0 Å². The van der Waals surface area contributed by atoms with Crippen LogP contribution < -0.4 is 9.80 Å². The van der Waals surface area contributed by atoms with E-state index in [0.29, 0.717) is 19.4 Å². The zero-order valence-electron chi connectivity index (χ0n) is 12.8. The molecule has 0 spiro atoms. The lowest BCUT2D eigenvalue weighted by molar-refractivity contribution is -0.141. The number of unbranched alkanes of at least 4 members (excludes halogenated alkanes) is 1. The first-order valence-electron chi connectivity index (χ1n) is 7.34. The maximum absolute atomic E-state index is 13.0. The molecule has 0 aliphatic heterocycles. The summed E-state index contributed by atoms with van der Waals surface area (Å²) in [4.78, 5) is 11.4. The van der Waals surface area contributed by atoms with Gasteiger partial charge in [-0.15, -0.1) is 0 Å². The summed E-state index contributed by atoms with van der Waals surface area (Å²) in [6.07, 6.45) is -1.30. The average Bonchev–Trinajstić information content (AvgIpc) is 3.26. The Morgan fingerprint density at radius 3 is 2.41 bits per heavy atom. The highest BCUT2D eigenvalue weighted by molar-refractivity contribution is 5.46. The van der Waals surface area contributed by atoms with Crippen LogP contribution in [0.15, 0.2) is 6.07 Å². The highest BCUT2D eigenvalue weighted by Gasteiger charge is 2.36. The van der Waals surface area contributed by atoms with Crippen molar-refractivity contribution in [2.24, 2.45) is 0 Å². The van der Waals surface area contributed by atoms with E-state index in [1.54, 1.807) is 19.0 Å². The molecule has 1 N–H and O–H groups in total. The highest BCUT2D eigenvalue weighted by Crippen LogP contribution is 2.34. The summed E-state index contributed by atoms with van der Waals surface area (Å²) in [5.74, 6) is 0.365. The minimum absolute atomic E-state index is 0.0743. The number of halogens is 3.